The summed E-state index contributed by atoms with van der Waals surface area (Å²) >= 11 is 0. The average molecular weight is 297 g/mol. The zero-order valence-electron chi connectivity index (χ0n) is 12.2. The van der Waals surface area contributed by atoms with Crippen LogP contribution in [0.15, 0.2) is 0 Å². The first kappa shape index (κ1) is 15.8. The third-order valence-corrected chi connectivity index (χ3v) is 4.17. The van der Waals surface area contributed by atoms with Crippen LogP contribution in [0, 0.1) is 0 Å². The minimum atomic E-state index is -1.04. The van der Waals surface area contributed by atoms with Crippen molar-refractivity contribution < 1.29 is 19.5 Å². The van der Waals surface area contributed by atoms with Gasteiger partial charge in [0.05, 0.1) is 6.42 Å². The molecule has 118 valence electrons. The Bertz CT molecular complexity index is 407. The number of carboxylic acids is 1. The van der Waals surface area contributed by atoms with Gasteiger partial charge in [-0.15, -0.1) is 0 Å². The molecular weight excluding hydrogens is 274 g/mol. The van der Waals surface area contributed by atoms with Crippen molar-refractivity contribution in [2.24, 2.45) is 0 Å². The van der Waals surface area contributed by atoms with Gasteiger partial charge in [0, 0.05) is 25.6 Å². The highest BCUT2D eigenvalue weighted by Gasteiger charge is 2.31. The summed E-state index contributed by atoms with van der Waals surface area (Å²) in [6, 6.07) is -0.00456. The van der Waals surface area contributed by atoms with Gasteiger partial charge in [0.25, 0.3) is 0 Å². The van der Waals surface area contributed by atoms with Gasteiger partial charge in [0.15, 0.2) is 0 Å². The molecule has 0 aromatic rings. The summed E-state index contributed by atoms with van der Waals surface area (Å²) in [7, 11) is 0. The summed E-state index contributed by atoms with van der Waals surface area (Å²) in [4.78, 5) is 37.9. The predicted molar refractivity (Wildman–Crippen MR) is 75.8 cm³/mol. The summed E-state index contributed by atoms with van der Waals surface area (Å²) in [6.45, 7) is 3.49. The van der Waals surface area contributed by atoms with E-state index in [1.54, 1.807) is 4.90 Å². The van der Waals surface area contributed by atoms with Gasteiger partial charge in [-0.25, -0.2) is 4.79 Å². The summed E-state index contributed by atoms with van der Waals surface area (Å²) in [6.07, 6.45) is 4.25. The van der Waals surface area contributed by atoms with Crippen LogP contribution in [0.3, 0.4) is 0 Å². The van der Waals surface area contributed by atoms with Crippen molar-refractivity contribution in [1.29, 1.82) is 0 Å². The highest BCUT2D eigenvalue weighted by Crippen LogP contribution is 2.20. The molecule has 2 fully saturated rings. The van der Waals surface area contributed by atoms with E-state index in [0.29, 0.717) is 19.1 Å². The first-order chi connectivity index (χ1) is 10.1. The zero-order valence-corrected chi connectivity index (χ0v) is 12.2. The van der Waals surface area contributed by atoms with Gasteiger partial charge < -0.3 is 10.0 Å². The Morgan fingerprint density at radius 1 is 1.05 bits per heavy atom. The monoisotopic (exact) mass is 297 g/mol. The molecule has 0 aromatic carbocycles. The molecule has 3 amide bonds. The topological polar surface area (TPSA) is 89.9 Å². The van der Waals surface area contributed by atoms with Crippen LogP contribution < -0.4 is 5.32 Å². The number of rotatable bonds is 4. The SMILES string of the molecule is O=C(O)CCC(=O)NC(=O)N1CCC(N2CCCCC2)C1. The lowest BCUT2D eigenvalue weighted by Crippen LogP contribution is -2.45. The number of carboxylic acid groups (broad SMARTS) is 1. The van der Waals surface area contributed by atoms with Gasteiger partial charge in [-0.2, -0.15) is 0 Å². The van der Waals surface area contributed by atoms with E-state index < -0.39 is 17.9 Å². The highest BCUT2D eigenvalue weighted by molar-refractivity contribution is 5.95. The zero-order chi connectivity index (χ0) is 15.2. The molecule has 0 bridgehead atoms. The minimum Gasteiger partial charge on any atom is -0.481 e. The van der Waals surface area contributed by atoms with E-state index in [4.69, 9.17) is 5.11 Å². The molecule has 2 heterocycles. The lowest BCUT2D eigenvalue weighted by atomic mass is 10.1. The van der Waals surface area contributed by atoms with E-state index in [1.807, 2.05) is 0 Å². The molecule has 7 nitrogen and oxygen atoms in total. The second-order valence-corrected chi connectivity index (χ2v) is 5.73. The lowest BCUT2D eigenvalue weighted by molar-refractivity contribution is -0.138. The van der Waals surface area contributed by atoms with Crippen LogP contribution in [0.2, 0.25) is 0 Å². The number of carbonyl (C=O) groups excluding carboxylic acids is 2. The van der Waals surface area contributed by atoms with Gasteiger partial charge in [0.2, 0.25) is 5.91 Å². The Morgan fingerprint density at radius 2 is 1.76 bits per heavy atom. The summed E-state index contributed by atoms with van der Waals surface area (Å²) in [5, 5.41) is 10.8. The number of aliphatic carboxylic acids is 1. The number of nitrogens with one attached hydrogen (secondary N) is 1. The van der Waals surface area contributed by atoms with Crippen LogP contribution in [0.4, 0.5) is 4.79 Å². The van der Waals surface area contributed by atoms with E-state index in [-0.39, 0.29) is 12.8 Å². The third kappa shape index (κ3) is 4.70. The first-order valence-electron chi connectivity index (χ1n) is 7.61. The number of amides is 3. The Hall–Kier alpha value is -1.63. The fourth-order valence-electron chi connectivity index (χ4n) is 2.99. The highest BCUT2D eigenvalue weighted by atomic mass is 16.4. The largest absolute Gasteiger partial charge is 0.481 e. The van der Waals surface area contributed by atoms with E-state index in [2.05, 4.69) is 10.2 Å². The number of likely N-dealkylation sites (tertiary alicyclic amines) is 2. The van der Waals surface area contributed by atoms with Gasteiger partial charge >= 0.3 is 12.0 Å². The summed E-state index contributed by atoms with van der Waals surface area (Å²) in [5.41, 5.74) is 0. The van der Waals surface area contributed by atoms with Crippen molar-refractivity contribution in [3.63, 3.8) is 0 Å². The maximum absolute atomic E-state index is 12.0. The fourth-order valence-corrected chi connectivity index (χ4v) is 2.99. The smallest absolute Gasteiger partial charge is 0.324 e. The van der Waals surface area contributed by atoms with Crippen LogP contribution in [-0.4, -0.2) is 65.0 Å². The molecule has 2 aliphatic rings. The average Bonchev–Trinajstić information content (AvgIpc) is 2.96. The quantitative estimate of drug-likeness (QED) is 0.795. The normalized spacial score (nSPS) is 23.0. The van der Waals surface area contributed by atoms with Crippen LogP contribution in [0.1, 0.15) is 38.5 Å². The van der Waals surface area contributed by atoms with Crippen LogP contribution >= 0.6 is 0 Å². The van der Waals surface area contributed by atoms with Crippen molar-refractivity contribution in [3.8, 4) is 0 Å². The molecule has 1 atom stereocenters. The van der Waals surface area contributed by atoms with Crippen molar-refractivity contribution >= 4 is 17.9 Å². The second-order valence-electron chi connectivity index (χ2n) is 5.73. The fraction of sp³-hybridized carbons (Fsp3) is 0.786. The molecule has 2 rings (SSSR count). The number of carbonyl (C=O) groups is 3. The molecule has 0 aromatic heterocycles. The maximum atomic E-state index is 12.0. The van der Waals surface area contributed by atoms with Crippen LogP contribution in [-0.2, 0) is 9.59 Å². The van der Waals surface area contributed by atoms with E-state index >= 15 is 0 Å². The Morgan fingerprint density at radius 3 is 2.43 bits per heavy atom. The van der Waals surface area contributed by atoms with E-state index in [0.717, 1.165) is 19.5 Å². The van der Waals surface area contributed by atoms with Gasteiger partial charge in [-0.1, -0.05) is 6.42 Å². The Labute approximate surface area is 124 Å². The predicted octanol–water partition coefficient (Wildman–Crippen LogP) is 0.648. The molecule has 7 heteroatoms. The minimum absolute atomic E-state index is 0.162. The summed E-state index contributed by atoms with van der Waals surface area (Å²) in [5.74, 6) is -1.56. The number of imide groups is 1. The Balaban J connectivity index is 1.73. The second kappa shape index (κ2) is 7.40. The molecule has 0 aliphatic carbocycles. The molecule has 21 heavy (non-hydrogen) atoms. The van der Waals surface area contributed by atoms with Crippen molar-refractivity contribution in [1.82, 2.24) is 15.1 Å². The number of urea groups is 1. The molecule has 0 saturated carbocycles. The van der Waals surface area contributed by atoms with Crippen molar-refractivity contribution in [2.45, 2.75) is 44.6 Å². The van der Waals surface area contributed by atoms with E-state index in [1.165, 1.54) is 19.3 Å². The van der Waals surface area contributed by atoms with Crippen molar-refractivity contribution in [3.05, 3.63) is 0 Å². The number of hydrogen-bond acceptors (Lipinski definition) is 4. The molecular formula is C14H23N3O4. The van der Waals surface area contributed by atoms with Crippen LogP contribution in [0.25, 0.3) is 0 Å². The number of hydrogen-bond donors (Lipinski definition) is 2. The molecule has 2 aliphatic heterocycles. The van der Waals surface area contributed by atoms with E-state index in [9.17, 15) is 14.4 Å². The van der Waals surface area contributed by atoms with Gasteiger partial charge in [-0.05, 0) is 32.4 Å². The number of piperidine rings is 1. The van der Waals surface area contributed by atoms with Crippen LogP contribution in [0.5, 0.6) is 0 Å². The third-order valence-electron chi connectivity index (χ3n) is 4.17. The molecule has 2 N–H and O–H groups in total. The molecule has 0 spiro atoms. The molecule has 1 unspecified atom stereocenters. The lowest BCUT2D eigenvalue weighted by Gasteiger charge is -2.32. The first-order valence-corrected chi connectivity index (χ1v) is 7.61. The summed E-state index contributed by atoms with van der Waals surface area (Å²) < 4.78 is 0. The molecule has 0 radical (unpaired) electrons. The number of nitrogens with zero attached hydrogens (tertiary/aromatic N) is 2. The van der Waals surface area contributed by atoms with Crippen molar-refractivity contribution in [2.75, 3.05) is 26.2 Å². The maximum Gasteiger partial charge on any atom is 0.324 e. The molecule has 2 saturated heterocycles. The Kier molecular flexibility index (Phi) is 5.55. The van der Waals surface area contributed by atoms with Gasteiger partial charge in [0.1, 0.15) is 0 Å². The van der Waals surface area contributed by atoms with Gasteiger partial charge in [-0.3, -0.25) is 19.8 Å². The standard InChI is InChI=1S/C14H23N3O4/c18-12(4-5-13(19)20)15-14(21)17-9-6-11(10-17)16-7-2-1-3-8-16/h11H,1-10H2,(H,19,20)(H,15,18,21).